The third-order valence-corrected chi connectivity index (χ3v) is 6.47. The van der Waals surface area contributed by atoms with Gasteiger partial charge in [-0.1, -0.05) is 0 Å². The van der Waals surface area contributed by atoms with Gasteiger partial charge in [0.2, 0.25) is 5.91 Å². The maximum Gasteiger partial charge on any atom is 0.275 e. The van der Waals surface area contributed by atoms with Gasteiger partial charge in [-0.3, -0.25) is 19.6 Å². The van der Waals surface area contributed by atoms with Crippen molar-refractivity contribution >= 4 is 40.5 Å². The standard InChI is InChI=1S/C27H24N8O3/c1-15-20-9-25(32-16-7-17(11-29-10-16)33-27(37)22-13-30-14-24(28)34-22)31-12-21(20)19-5-4-18(8-23(19)38-15)35-6-2-3-26(35)36/h4-5,7-15H,2-3,6H2,1H3,(H2,28,34)(H,31,32)(H,33,37). The first-order valence-electron chi connectivity index (χ1n) is 12.2. The van der Waals surface area contributed by atoms with Crippen LogP contribution in [0.1, 0.15) is 41.9 Å². The number of fused-ring (bicyclic) bond motifs is 3. The Morgan fingerprint density at radius 3 is 2.71 bits per heavy atom. The van der Waals surface area contributed by atoms with Crippen molar-refractivity contribution < 1.29 is 14.3 Å². The molecule has 11 heteroatoms. The Balaban J connectivity index is 1.21. The van der Waals surface area contributed by atoms with Crippen LogP contribution in [0.15, 0.2) is 61.3 Å². The van der Waals surface area contributed by atoms with E-state index in [1.807, 2.05) is 42.3 Å². The van der Waals surface area contributed by atoms with E-state index in [-0.39, 0.29) is 23.5 Å². The molecule has 2 aliphatic heterocycles. The topological polar surface area (TPSA) is 148 Å². The van der Waals surface area contributed by atoms with E-state index >= 15 is 0 Å². The van der Waals surface area contributed by atoms with Crippen LogP contribution in [0, 0.1) is 0 Å². The summed E-state index contributed by atoms with van der Waals surface area (Å²) in [5.74, 6) is 1.20. The number of hydrogen-bond acceptors (Lipinski definition) is 9. The largest absolute Gasteiger partial charge is 0.485 e. The molecule has 1 fully saturated rings. The summed E-state index contributed by atoms with van der Waals surface area (Å²) >= 11 is 0. The molecule has 0 bridgehead atoms. The zero-order valence-electron chi connectivity index (χ0n) is 20.5. The van der Waals surface area contributed by atoms with Crippen LogP contribution in [0.3, 0.4) is 0 Å². The summed E-state index contributed by atoms with van der Waals surface area (Å²) in [6, 6.07) is 9.55. The van der Waals surface area contributed by atoms with E-state index in [1.165, 1.54) is 18.6 Å². The fourth-order valence-corrected chi connectivity index (χ4v) is 4.68. The lowest BCUT2D eigenvalue weighted by molar-refractivity contribution is -0.117. The number of ether oxygens (including phenoxy) is 1. The van der Waals surface area contributed by atoms with E-state index in [0.29, 0.717) is 23.6 Å². The first kappa shape index (κ1) is 23.3. The lowest BCUT2D eigenvalue weighted by Crippen LogP contribution is -2.24. The number of pyridine rings is 2. The smallest absolute Gasteiger partial charge is 0.275 e. The molecule has 190 valence electrons. The van der Waals surface area contributed by atoms with Gasteiger partial charge >= 0.3 is 0 Å². The molecule has 38 heavy (non-hydrogen) atoms. The average molecular weight is 509 g/mol. The number of nitrogens with two attached hydrogens (primary N) is 1. The lowest BCUT2D eigenvalue weighted by Gasteiger charge is -2.28. The maximum absolute atomic E-state index is 12.5. The molecular formula is C27H24N8O3. The van der Waals surface area contributed by atoms with Crippen LogP contribution < -0.4 is 26.0 Å². The second-order valence-electron chi connectivity index (χ2n) is 9.12. The van der Waals surface area contributed by atoms with Crippen molar-refractivity contribution in [2.75, 3.05) is 27.8 Å². The van der Waals surface area contributed by atoms with Crippen molar-refractivity contribution in [3.8, 4) is 16.9 Å². The van der Waals surface area contributed by atoms with E-state index in [0.717, 1.165) is 41.1 Å². The van der Waals surface area contributed by atoms with Crippen LogP contribution in [-0.4, -0.2) is 38.3 Å². The number of carbonyl (C=O) groups excluding carboxylic acids is 2. The fourth-order valence-electron chi connectivity index (χ4n) is 4.68. The Morgan fingerprint density at radius 2 is 1.89 bits per heavy atom. The van der Waals surface area contributed by atoms with Crippen LogP contribution >= 0.6 is 0 Å². The van der Waals surface area contributed by atoms with Crippen molar-refractivity contribution in [2.45, 2.75) is 25.9 Å². The van der Waals surface area contributed by atoms with Crippen molar-refractivity contribution in [3.63, 3.8) is 0 Å². The highest BCUT2D eigenvalue weighted by molar-refractivity contribution is 6.03. The minimum atomic E-state index is -0.447. The maximum atomic E-state index is 12.5. The van der Waals surface area contributed by atoms with Crippen molar-refractivity contribution in [1.82, 2.24) is 19.9 Å². The van der Waals surface area contributed by atoms with Crippen molar-refractivity contribution in [1.29, 1.82) is 0 Å². The second-order valence-corrected chi connectivity index (χ2v) is 9.12. The zero-order valence-corrected chi connectivity index (χ0v) is 20.5. The zero-order chi connectivity index (χ0) is 26.2. The molecule has 4 N–H and O–H groups in total. The Kier molecular flexibility index (Phi) is 5.79. The van der Waals surface area contributed by atoms with E-state index in [2.05, 4.69) is 30.6 Å². The number of anilines is 5. The Hall–Kier alpha value is -5.06. The van der Waals surface area contributed by atoms with Gasteiger partial charge in [0.15, 0.2) is 0 Å². The minimum Gasteiger partial charge on any atom is -0.485 e. The first-order valence-corrected chi connectivity index (χ1v) is 12.2. The summed E-state index contributed by atoms with van der Waals surface area (Å²) in [4.78, 5) is 43.1. The molecule has 0 aliphatic carbocycles. The van der Waals surface area contributed by atoms with Crippen LogP contribution in [0.2, 0.25) is 0 Å². The summed E-state index contributed by atoms with van der Waals surface area (Å²) in [6.45, 7) is 2.71. The van der Waals surface area contributed by atoms with Gasteiger partial charge in [0.25, 0.3) is 5.91 Å². The number of benzene rings is 1. The lowest BCUT2D eigenvalue weighted by atomic mass is 9.94. The number of hydrogen-bond donors (Lipinski definition) is 3. The summed E-state index contributed by atoms with van der Waals surface area (Å²) in [5, 5.41) is 5.98. The average Bonchev–Trinajstić information content (AvgIpc) is 3.34. The molecule has 0 spiro atoms. The predicted octanol–water partition coefficient (Wildman–Crippen LogP) is 4.09. The van der Waals surface area contributed by atoms with Crippen LogP contribution in [0.4, 0.5) is 28.7 Å². The number of carbonyl (C=O) groups is 2. The molecule has 1 unspecified atom stereocenters. The molecular weight excluding hydrogens is 484 g/mol. The van der Waals surface area contributed by atoms with Crippen LogP contribution in [0.25, 0.3) is 11.1 Å². The van der Waals surface area contributed by atoms with E-state index in [4.69, 9.17) is 10.5 Å². The molecule has 6 rings (SSSR count). The summed E-state index contributed by atoms with van der Waals surface area (Å²) in [5.41, 5.74) is 10.6. The molecule has 2 amide bonds. The Labute approximate surface area is 218 Å². The highest BCUT2D eigenvalue weighted by atomic mass is 16.5. The molecule has 1 atom stereocenters. The molecule has 5 heterocycles. The molecule has 2 aliphatic rings. The van der Waals surface area contributed by atoms with Crippen molar-refractivity contribution in [3.05, 3.63) is 72.6 Å². The summed E-state index contributed by atoms with van der Waals surface area (Å²) < 4.78 is 6.24. The molecule has 0 saturated carbocycles. The van der Waals surface area contributed by atoms with E-state index in [1.54, 1.807) is 12.3 Å². The van der Waals surface area contributed by atoms with Gasteiger partial charge in [0.05, 0.1) is 36.2 Å². The number of amides is 2. The molecule has 4 aromatic rings. The van der Waals surface area contributed by atoms with Gasteiger partial charge in [0.1, 0.15) is 29.2 Å². The number of nitrogens with zero attached hydrogens (tertiary/aromatic N) is 5. The number of nitrogens with one attached hydrogen (secondary N) is 2. The monoisotopic (exact) mass is 508 g/mol. The Bertz CT molecular complexity index is 1570. The predicted molar refractivity (Wildman–Crippen MR) is 142 cm³/mol. The fraction of sp³-hybridized carbons (Fsp3) is 0.185. The number of aromatic nitrogens is 4. The van der Waals surface area contributed by atoms with Gasteiger partial charge in [-0.25, -0.2) is 9.97 Å². The number of nitrogen functional groups attached to an aromatic ring is 1. The molecule has 1 saturated heterocycles. The third kappa shape index (κ3) is 4.45. The van der Waals surface area contributed by atoms with E-state index in [9.17, 15) is 9.59 Å². The van der Waals surface area contributed by atoms with E-state index < -0.39 is 5.91 Å². The molecule has 0 radical (unpaired) electrons. The SMILES string of the molecule is CC1Oc2cc(N3CCCC3=O)ccc2-c2cnc(Nc3cncc(NC(=O)c4cncc(N)n4)c3)cc21. The molecule has 1 aromatic carbocycles. The molecule has 3 aromatic heterocycles. The van der Waals surface area contributed by atoms with Gasteiger partial charge in [-0.15, -0.1) is 0 Å². The normalized spacial score (nSPS) is 15.9. The van der Waals surface area contributed by atoms with Gasteiger partial charge in [-0.05, 0) is 37.6 Å². The second kappa shape index (κ2) is 9.43. The number of rotatable bonds is 5. The molecule has 11 nitrogen and oxygen atoms in total. The highest BCUT2D eigenvalue weighted by Gasteiger charge is 2.27. The Morgan fingerprint density at radius 1 is 1.05 bits per heavy atom. The van der Waals surface area contributed by atoms with Crippen LogP contribution in [0.5, 0.6) is 5.75 Å². The summed E-state index contributed by atoms with van der Waals surface area (Å²) in [7, 11) is 0. The van der Waals surface area contributed by atoms with Gasteiger partial charge in [0, 0.05) is 47.6 Å². The highest BCUT2D eigenvalue weighted by Crippen LogP contribution is 2.44. The van der Waals surface area contributed by atoms with Gasteiger partial charge in [-0.2, -0.15) is 0 Å². The van der Waals surface area contributed by atoms with Crippen LogP contribution in [-0.2, 0) is 4.79 Å². The van der Waals surface area contributed by atoms with Crippen molar-refractivity contribution in [2.24, 2.45) is 0 Å². The quantitative estimate of drug-likeness (QED) is 0.362. The summed E-state index contributed by atoms with van der Waals surface area (Å²) in [6.07, 6.45) is 8.92. The minimum absolute atomic E-state index is 0.105. The van der Waals surface area contributed by atoms with Gasteiger partial charge < -0.3 is 26.0 Å². The third-order valence-electron chi connectivity index (χ3n) is 6.47. The first-order chi connectivity index (χ1) is 18.4.